The summed E-state index contributed by atoms with van der Waals surface area (Å²) >= 11 is 1.35. The summed E-state index contributed by atoms with van der Waals surface area (Å²) in [4.78, 5) is 12.3. The molecule has 1 amide bonds. The summed E-state index contributed by atoms with van der Waals surface area (Å²) in [5.41, 5.74) is 1.95. The predicted octanol–water partition coefficient (Wildman–Crippen LogP) is 3.40. The number of nitrogens with zero attached hydrogens (tertiary/aromatic N) is 4. The highest BCUT2D eigenvalue weighted by Crippen LogP contribution is 2.23. The Morgan fingerprint density at radius 1 is 1.28 bits per heavy atom. The van der Waals surface area contributed by atoms with Gasteiger partial charge in [0, 0.05) is 5.54 Å². The molecule has 1 aromatic heterocycles. The second kappa shape index (κ2) is 8.47. The van der Waals surface area contributed by atoms with Crippen LogP contribution < -0.4 is 5.32 Å². The minimum Gasteiger partial charge on any atom is -0.351 e. The Hall–Kier alpha value is -1.89. The van der Waals surface area contributed by atoms with E-state index in [2.05, 4.69) is 39.9 Å². The van der Waals surface area contributed by atoms with E-state index in [1.54, 1.807) is 4.68 Å². The number of rotatable bonds is 7. The number of thioether (sulfide) groups is 1. The first-order chi connectivity index (χ1) is 11.8. The van der Waals surface area contributed by atoms with Gasteiger partial charge in [-0.25, -0.2) is 0 Å². The summed E-state index contributed by atoms with van der Waals surface area (Å²) in [5.74, 6) is -0.0260. The maximum atomic E-state index is 12.3. The number of unbranched alkanes of at least 4 members (excludes halogenated alkanes) is 1. The van der Waals surface area contributed by atoms with Crippen LogP contribution in [0.3, 0.4) is 0 Å². The Morgan fingerprint density at radius 3 is 2.56 bits per heavy atom. The molecule has 7 heteroatoms. The van der Waals surface area contributed by atoms with Crippen molar-refractivity contribution in [2.24, 2.45) is 0 Å². The third-order valence-corrected chi connectivity index (χ3v) is 4.62. The van der Waals surface area contributed by atoms with Crippen LogP contribution in [0.5, 0.6) is 0 Å². The van der Waals surface area contributed by atoms with Gasteiger partial charge in [0.25, 0.3) is 0 Å². The van der Waals surface area contributed by atoms with Crippen LogP contribution in [0.1, 0.15) is 53.0 Å². The molecular formula is C18H27N5OS. The number of amides is 1. The van der Waals surface area contributed by atoms with Crippen molar-refractivity contribution in [2.75, 3.05) is 0 Å². The number of carbonyl (C=O) groups excluding carboxylic acids is 1. The quantitative estimate of drug-likeness (QED) is 0.765. The first-order valence-corrected chi connectivity index (χ1v) is 9.54. The Balaban J connectivity index is 2.08. The standard InChI is InChI=1S/C18H27N5OS/c1-6-7-8-14-9-11-15(12-10-14)23-17(20-21-22-23)25-13(2)16(24)19-18(3,4)5/h9-13H,6-8H2,1-5H3,(H,19,24). The summed E-state index contributed by atoms with van der Waals surface area (Å²) in [7, 11) is 0. The Kier molecular flexibility index (Phi) is 6.58. The van der Waals surface area contributed by atoms with Crippen molar-refractivity contribution >= 4 is 17.7 Å². The van der Waals surface area contributed by atoms with Gasteiger partial charge >= 0.3 is 0 Å². The third kappa shape index (κ3) is 5.85. The van der Waals surface area contributed by atoms with Crippen molar-refractivity contribution in [1.29, 1.82) is 0 Å². The molecule has 0 aliphatic carbocycles. The molecule has 0 aliphatic heterocycles. The molecule has 6 nitrogen and oxygen atoms in total. The number of hydrogen-bond donors (Lipinski definition) is 1. The molecule has 0 saturated heterocycles. The van der Waals surface area contributed by atoms with Crippen LogP contribution in [0, 0.1) is 0 Å². The van der Waals surface area contributed by atoms with Gasteiger partial charge in [0.2, 0.25) is 11.1 Å². The number of benzene rings is 1. The lowest BCUT2D eigenvalue weighted by molar-refractivity contribution is -0.121. The minimum absolute atomic E-state index is 0.0260. The zero-order chi connectivity index (χ0) is 18.4. The van der Waals surface area contributed by atoms with E-state index in [9.17, 15) is 4.79 Å². The molecule has 1 atom stereocenters. The third-order valence-electron chi connectivity index (χ3n) is 3.59. The van der Waals surface area contributed by atoms with Gasteiger partial charge in [0.1, 0.15) is 0 Å². The Morgan fingerprint density at radius 2 is 1.96 bits per heavy atom. The van der Waals surface area contributed by atoms with Crippen LogP contribution in [-0.4, -0.2) is 36.9 Å². The largest absolute Gasteiger partial charge is 0.351 e. The van der Waals surface area contributed by atoms with Gasteiger partial charge in [0.15, 0.2) is 0 Å². The predicted molar refractivity (Wildman–Crippen MR) is 101 cm³/mol. The van der Waals surface area contributed by atoms with E-state index in [0.717, 1.165) is 12.1 Å². The van der Waals surface area contributed by atoms with Crippen LogP contribution >= 0.6 is 11.8 Å². The van der Waals surface area contributed by atoms with Crippen LogP contribution in [0.4, 0.5) is 0 Å². The normalized spacial score (nSPS) is 12.8. The van der Waals surface area contributed by atoms with E-state index in [1.807, 2.05) is 39.8 Å². The number of tetrazole rings is 1. The smallest absolute Gasteiger partial charge is 0.233 e. The van der Waals surface area contributed by atoms with E-state index in [1.165, 1.54) is 30.2 Å². The SMILES string of the molecule is CCCCc1ccc(-n2nnnc2SC(C)C(=O)NC(C)(C)C)cc1. The molecule has 0 fully saturated rings. The van der Waals surface area contributed by atoms with Crippen LogP contribution in [0.25, 0.3) is 5.69 Å². The molecule has 1 heterocycles. The van der Waals surface area contributed by atoms with Gasteiger partial charge in [-0.3, -0.25) is 4.79 Å². The average Bonchev–Trinajstić information content (AvgIpc) is 3.00. The summed E-state index contributed by atoms with van der Waals surface area (Å²) in [6.07, 6.45) is 3.45. The maximum absolute atomic E-state index is 12.3. The van der Waals surface area contributed by atoms with Gasteiger partial charge in [0.05, 0.1) is 10.9 Å². The van der Waals surface area contributed by atoms with E-state index in [4.69, 9.17) is 0 Å². The zero-order valence-corrected chi connectivity index (χ0v) is 16.4. The van der Waals surface area contributed by atoms with E-state index in [-0.39, 0.29) is 16.7 Å². The van der Waals surface area contributed by atoms with Gasteiger partial charge in [-0.1, -0.05) is 37.2 Å². The lowest BCUT2D eigenvalue weighted by Gasteiger charge is -2.22. The summed E-state index contributed by atoms with van der Waals surface area (Å²) in [6, 6.07) is 8.25. The van der Waals surface area contributed by atoms with Gasteiger partial charge in [-0.15, -0.1) is 5.10 Å². The van der Waals surface area contributed by atoms with Crippen molar-refractivity contribution in [3.05, 3.63) is 29.8 Å². The van der Waals surface area contributed by atoms with E-state index >= 15 is 0 Å². The highest BCUT2D eigenvalue weighted by Gasteiger charge is 2.22. The molecule has 0 saturated carbocycles. The van der Waals surface area contributed by atoms with E-state index < -0.39 is 0 Å². The topological polar surface area (TPSA) is 72.7 Å². The highest BCUT2D eigenvalue weighted by atomic mass is 32.2. The molecule has 0 bridgehead atoms. The second-order valence-electron chi connectivity index (χ2n) is 7.14. The molecule has 136 valence electrons. The monoisotopic (exact) mass is 361 g/mol. The molecular weight excluding hydrogens is 334 g/mol. The number of aryl methyl sites for hydroxylation is 1. The lowest BCUT2D eigenvalue weighted by atomic mass is 10.1. The molecule has 0 radical (unpaired) electrons. The fourth-order valence-electron chi connectivity index (χ4n) is 2.28. The minimum atomic E-state index is -0.284. The van der Waals surface area contributed by atoms with Crippen molar-refractivity contribution in [3.8, 4) is 5.69 Å². The maximum Gasteiger partial charge on any atom is 0.233 e. The molecule has 0 spiro atoms. The Labute approximate surface area is 153 Å². The number of hydrogen-bond acceptors (Lipinski definition) is 5. The van der Waals surface area contributed by atoms with Gasteiger partial charge < -0.3 is 5.32 Å². The molecule has 2 rings (SSSR count). The van der Waals surface area contributed by atoms with Crippen LogP contribution in [0.2, 0.25) is 0 Å². The van der Waals surface area contributed by atoms with Crippen LogP contribution in [0.15, 0.2) is 29.4 Å². The number of aromatic nitrogens is 4. The summed E-state index contributed by atoms with van der Waals surface area (Å²) in [6.45, 7) is 9.94. The molecule has 0 aliphatic rings. The van der Waals surface area contributed by atoms with Crippen molar-refractivity contribution in [1.82, 2.24) is 25.5 Å². The van der Waals surface area contributed by atoms with E-state index in [0.29, 0.717) is 5.16 Å². The van der Waals surface area contributed by atoms with Gasteiger partial charge in [-0.05, 0) is 68.7 Å². The number of carbonyl (C=O) groups is 1. The van der Waals surface area contributed by atoms with Crippen molar-refractivity contribution < 1.29 is 4.79 Å². The molecule has 1 N–H and O–H groups in total. The highest BCUT2D eigenvalue weighted by molar-refractivity contribution is 8.00. The second-order valence-corrected chi connectivity index (χ2v) is 8.45. The first-order valence-electron chi connectivity index (χ1n) is 8.66. The van der Waals surface area contributed by atoms with Crippen molar-refractivity contribution in [3.63, 3.8) is 0 Å². The summed E-state index contributed by atoms with van der Waals surface area (Å²) < 4.78 is 1.68. The number of nitrogens with one attached hydrogen (secondary N) is 1. The Bertz CT molecular complexity index is 690. The van der Waals surface area contributed by atoms with Crippen molar-refractivity contribution in [2.45, 2.75) is 69.8 Å². The molecule has 1 unspecified atom stereocenters. The van der Waals surface area contributed by atoms with Crippen LogP contribution in [-0.2, 0) is 11.2 Å². The van der Waals surface area contributed by atoms with Gasteiger partial charge in [-0.2, -0.15) is 4.68 Å². The fraction of sp³-hybridized carbons (Fsp3) is 0.556. The lowest BCUT2D eigenvalue weighted by Crippen LogP contribution is -2.44. The first kappa shape index (κ1) is 19.4. The fourth-order valence-corrected chi connectivity index (χ4v) is 3.09. The molecule has 25 heavy (non-hydrogen) atoms. The average molecular weight is 362 g/mol. The summed E-state index contributed by atoms with van der Waals surface area (Å²) in [5, 5.41) is 15.2. The molecule has 2 aromatic rings. The molecule has 1 aromatic carbocycles. The zero-order valence-electron chi connectivity index (χ0n) is 15.6.